The van der Waals surface area contributed by atoms with Crippen molar-refractivity contribution >= 4 is 5.91 Å². The molecule has 1 amide bonds. The first kappa shape index (κ1) is 20.4. The van der Waals surface area contributed by atoms with E-state index in [1.807, 2.05) is 6.07 Å². The minimum Gasteiger partial charge on any atom is -0.493 e. The fourth-order valence-electron chi connectivity index (χ4n) is 2.53. The smallest absolute Gasteiger partial charge is 0.266 e. The number of nitrogens with one attached hydrogen (secondary N) is 1. The van der Waals surface area contributed by atoms with Crippen molar-refractivity contribution in [1.82, 2.24) is 15.1 Å². The third kappa shape index (κ3) is 5.82. The van der Waals surface area contributed by atoms with Gasteiger partial charge in [0.1, 0.15) is 0 Å². The average molecular weight is 375 g/mol. The second-order valence-corrected chi connectivity index (χ2v) is 5.80. The topological polar surface area (TPSA) is 91.7 Å². The number of rotatable bonds is 10. The summed E-state index contributed by atoms with van der Waals surface area (Å²) in [4.78, 5) is 23.8. The van der Waals surface area contributed by atoms with Gasteiger partial charge in [-0.15, -0.1) is 0 Å². The van der Waals surface area contributed by atoms with E-state index in [4.69, 9.17) is 14.2 Å². The molecule has 8 heteroatoms. The molecular formula is C19H25N3O5. The number of aromatic nitrogens is 2. The van der Waals surface area contributed by atoms with E-state index >= 15 is 0 Å². The number of hydrogen-bond donors (Lipinski definition) is 1. The van der Waals surface area contributed by atoms with Crippen LogP contribution in [0.25, 0.3) is 11.3 Å². The van der Waals surface area contributed by atoms with Crippen LogP contribution in [0.15, 0.2) is 35.1 Å². The van der Waals surface area contributed by atoms with E-state index in [1.54, 1.807) is 39.5 Å². The van der Waals surface area contributed by atoms with Gasteiger partial charge in [0.15, 0.2) is 11.5 Å². The van der Waals surface area contributed by atoms with Crippen LogP contribution in [0.5, 0.6) is 11.5 Å². The van der Waals surface area contributed by atoms with Crippen LogP contribution in [-0.4, -0.2) is 50.2 Å². The van der Waals surface area contributed by atoms with E-state index in [0.29, 0.717) is 49.7 Å². The van der Waals surface area contributed by atoms with E-state index in [0.717, 1.165) is 5.56 Å². The third-order valence-corrected chi connectivity index (χ3v) is 3.95. The van der Waals surface area contributed by atoms with Crippen molar-refractivity contribution in [3.8, 4) is 22.8 Å². The molecule has 8 nitrogen and oxygen atoms in total. The maximum absolute atomic E-state index is 12.1. The molecule has 0 atom stereocenters. The number of ether oxygens (including phenoxy) is 3. The standard InChI is InChI=1S/C19H25N3O5/c1-25-12-10-20-18(23)5-4-11-22-19(24)9-7-15(21-22)14-6-8-16(26-2)17(13-14)27-3/h6-9,13H,4-5,10-12H2,1-3H3,(H,20,23). The molecule has 0 aliphatic heterocycles. The van der Waals surface area contributed by atoms with Crippen LogP contribution in [0.2, 0.25) is 0 Å². The second kappa shape index (κ2) is 10.3. The molecule has 0 aliphatic carbocycles. The molecule has 1 N–H and O–H groups in total. The van der Waals surface area contributed by atoms with Gasteiger partial charge in [-0.3, -0.25) is 9.59 Å². The Hall–Kier alpha value is -2.87. The highest BCUT2D eigenvalue weighted by atomic mass is 16.5. The fraction of sp³-hybridized carbons (Fsp3) is 0.421. The minimum absolute atomic E-state index is 0.0730. The molecule has 27 heavy (non-hydrogen) atoms. The fourth-order valence-corrected chi connectivity index (χ4v) is 2.53. The summed E-state index contributed by atoms with van der Waals surface area (Å²) in [5, 5.41) is 7.15. The first-order valence-corrected chi connectivity index (χ1v) is 8.65. The largest absolute Gasteiger partial charge is 0.493 e. The van der Waals surface area contributed by atoms with E-state index in [-0.39, 0.29) is 11.5 Å². The zero-order chi connectivity index (χ0) is 19.6. The molecule has 0 radical (unpaired) electrons. The summed E-state index contributed by atoms with van der Waals surface area (Å²) in [5.74, 6) is 1.13. The van der Waals surface area contributed by atoms with Gasteiger partial charge in [0.2, 0.25) is 5.91 Å². The van der Waals surface area contributed by atoms with Crippen molar-refractivity contribution in [3.05, 3.63) is 40.7 Å². The second-order valence-electron chi connectivity index (χ2n) is 5.80. The Bertz CT molecular complexity index is 819. The zero-order valence-corrected chi connectivity index (χ0v) is 15.9. The molecule has 1 aromatic carbocycles. The molecule has 0 saturated heterocycles. The van der Waals surface area contributed by atoms with Crippen molar-refractivity contribution in [2.45, 2.75) is 19.4 Å². The lowest BCUT2D eigenvalue weighted by atomic mass is 10.1. The van der Waals surface area contributed by atoms with Gasteiger partial charge in [-0.1, -0.05) is 0 Å². The van der Waals surface area contributed by atoms with Crippen molar-refractivity contribution in [2.75, 3.05) is 34.5 Å². The van der Waals surface area contributed by atoms with Crippen molar-refractivity contribution in [2.24, 2.45) is 0 Å². The number of hydrogen-bond acceptors (Lipinski definition) is 6. The maximum atomic E-state index is 12.1. The SMILES string of the molecule is COCCNC(=O)CCCn1nc(-c2ccc(OC)c(OC)c2)ccc1=O. The summed E-state index contributed by atoms with van der Waals surface area (Å²) in [7, 11) is 4.71. The quantitative estimate of drug-likeness (QED) is 0.633. The van der Waals surface area contributed by atoms with Crippen molar-refractivity contribution in [1.29, 1.82) is 0 Å². The van der Waals surface area contributed by atoms with Crippen molar-refractivity contribution < 1.29 is 19.0 Å². The summed E-state index contributed by atoms with van der Waals surface area (Å²) in [6.45, 7) is 1.31. The number of carbonyl (C=O) groups is 1. The molecule has 146 valence electrons. The Kier molecular flexibility index (Phi) is 7.81. The maximum Gasteiger partial charge on any atom is 0.266 e. The molecule has 0 fully saturated rings. The zero-order valence-electron chi connectivity index (χ0n) is 15.9. The number of aryl methyl sites for hydroxylation is 1. The van der Waals surface area contributed by atoms with E-state index in [1.165, 1.54) is 10.7 Å². The molecular weight excluding hydrogens is 350 g/mol. The lowest BCUT2D eigenvalue weighted by molar-refractivity contribution is -0.121. The van der Waals surface area contributed by atoms with Gasteiger partial charge in [-0.2, -0.15) is 5.10 Å². The van der Waals surface area contributed by atoms with Gasteiger partial charge in [-0.25, -0.2) is 4.68 Å². The van der Waals surface area contributed by atoms with Crippen LogP contribution in [0, 0.1) is 0 Å². The third-order valence-electron chi connectivity index (χ3n) is 3.95. The summed E-state index contributed by atoms with van der Waals surface area (Å²) < 4.78 is 16.8. The number of amides is 1. The Morgan fingerprint density at radius 2 is 1.89 bits per heavy atom. The van der Waals surface area contributed by atoms with Gasteiger partial charge in [0, 0.05) is 38.2 Å². The van der Waals surface area contributed by atoms with Gasteiger partial charge in [-0.05, 0) is 30.7 Å². The molecule has 0 unspecified atom stereocenters. The lowest BCUT2D eigenvalue weighted by Crippen LogP contribution is -2.28. The molecule has 2 rings (SSSR count). The predicted octanol–water partition coefficient (Wildman–Crippen LogP) is 1.47. The van der Waals surface area contributed by atoms with Crippen LogP contribution in [0.1, 0.15) is 12.8 Å². The Labute approximate surface area is 158 Å². The molecule has 0 spiro atoms. The Balaban J connectivity index is 2.06. The molecule has 1 heterocycles. The molecule has 0 bridgehead atoms. The van der Waals surface area contributed by atoms with Gasteiger partial charge < -0.3 is 19.5 Å². The number of nitrogens with zero attached hydrogens (tertiary/aromatic N) is 2. The predicted molar refractivity (Wildman–Crippen MR) is 101 cm³/mol. The number of benzene rings is 1. The van der Waals surface area contributed by atoms with Crippen LogP contribution in [-0.2, 0) is 16.1 Å². The Morgan fingerprint density at radius 3 is 2.59 bits per heavy atom. The van der Waals surface area contributed by atoms with Crippen LogP contribution in [0.4, 0.5) is 0 Å². The molecule has 1 aromatic heterocycles. The summed E-state index contributed by atoms with van der Waals surface area (Å²) in [6.07, 6.45) is 0.833. The lowest BCUT2D eigenvalue weighted by Gasteiger charge is -2.11. The molecule has 0 aliphatic rings. The normalized spacial score (nSPS) is 10.5. The first-order chi connectivity index (χ1) is 13.1. The molecule has 2 aromatic rings. The van der Waals surface area contributed by atoms with E-state index in [9.17, 15) is 9.59 Å². The highest BCUT2D eigenvalue weighted by Gasteiger charge is 2.09. The highest BCUT2D eigenvalue weighted by Crippen LogP contribution is 2.31. The first-order valence-electron chi connectivity index (χ1n) is 8.65. The average Bonchev–Trinajstić information content (AvgIpc) is 2.69. The summed E-state index contributed by atoms with van der Waals surface area (Å²) in [6, 6.07) is 8.58. The van der Waals surface area contributed by atoms with Gasteiger partial charge in [0.05, 0.1) is 26.5 Å². The van der Waals surface area contributed by atoms with Gasteiger partial charge >= 0.3 is 0 Å². The van der Waals surface area contributed by atoms with Crippen LogP contribution >= 0.6 is 0 Å². The minimum atomic E-state index is -0.209. The van der Waals surface area contributed by atoms with Crippen LogP contribution in [0.3, 0.4) is 0 Å². The Morgan fingerprint density at radius 1 is 1.11 bits per heavy atom. The highest BCUT2D eigenvalue weighted by molar-refractivity contribution is 5.75. The van der Waals surface area contributed by atoms with Crippen molar-refractivity contribution in [3.63, 3.8) is 0 Å². The molecule has 0 saturated carbocycles. The summed E-state index contributed by atoms with van der Waals surface area (Å²) >= 11 is 0. The van der Waals surface area contributed by atoms with E-state index in [2.05, 4.69) is 10.4 Å². The van der Waals surface area contributed by atoms with E-state index < -0.39 is 0 Å². The number of methoxy groups -OCH3 is 3. The van der Waals surface area contributed by atoms with Gasteiger partial charge in [0.25, 0.3) is 5.56 Å². The monoisotopic (exact) mass is 375 g/mol. The summed E-state index contributed by atoms with van der Waals surface area (Å²) in [5.41, 5.74) is 1.23. The number of carbonyl (C=O) groups excluding carboxylic acids is 1. The van der Waals surface area contributed by atoms with Crippen LogP contribution < -0.4 is 20.3 Å².